The highest BCUT2D eigenvalue weighted by molar-refractivity contribution is 5.98. The van der Waals surface area contributed by atoms with E-state index in [-0.39, 0.29) is 24.2 Å². The molecule has 0 aliphatic rings. The van der Waals surface area contributed by atoms with Crippen molar-refractivity contribution in [2.24, 2.45) is 0 Å². The van der Waals surface area contributed by atoms with E-state index in [0.717, 1.165) is 16.8 Å². The Morgan fingerprint density at radius 2 is 1.58 bits per heavy atom. The number of aromatic nitrogens is 3. The molecule has 182 valence electrons. The zero-order valence-electron chi connectivity index (χ0n) is 19.9. The number of benzene rings is 2. The summed E-state index contributed by atoms with van der Waals surface area (Å²) in [4.78, 5) is 38.4. The molecular weight excluding hydrogens is 454 g/mol. The van der Waals surface area contributed by atoms with Gasteiger partial charge in [0, 0.05) is 49.4 Å². The first-order valence-corrected chi connectivity index (χ1v) is 11.7. The van der Waals surface area contributed by atoms with Gasteiger partial charge in [0.05, 0.1) is 0 Å². The number of rotatable bonds is 9. The maximum atomic E-state index is 12.9. The van der Waals surface area contributed by atoms with Crippen LogP contribution in [0.5, 0.6) is 0 Å². The van der Waals surface area contributed by atoms with Crippen LogP contribution in [0.1, 0.15) is 40.3 Å². The largest absolute Gasteiger partial charge is 0.442 e. The number of pyridine rings is 1. The summed E-state index contributed by atoms with van der Waals surface area (Å²) in [5, 5.41) is 5.69. The highest BCUT2D eigenvalue weighted by Crippen LogP contribution is 2.24. The van der Waals surface area contributed by atoms with Crippen molar-refractivity contribution in [3.63, 3.8) is 0 Å². The van der Waals surface area contributed by atoms with Gasteiger partial charge in [0.25, 0.3) is 5.91 Å². The molecule has 2 aromatic heterocycles. The quantitative estimate of drug-likeness (QED) is 0.365. The molecule has 0 aliphatic heterocycles. The van der Waals surface area contributed by atoms with Gasteiger partial charge in [-0.15, -0.1) is 0 Å². The van der Waals surface area contributed by atoms with E-state index in [4.69, 9.17) is 4.74 Å². The van der Waals surface area contributed by atoms with E-state index in [1.807, 2.05) is 79.7 Å². The average Bonchev–Trinajstić information content (AvgIpc) is 2.93. The lowest BCUT2D eigenvalue weighted by molar-refractivity contribution is 0.0948. The summed E-state index contributed by atoms with van der Waals surface area (Å²) in [7, 11) is 0. The van der Waals surface area contributed by atoms with Crippen LogP contribution in [0, 0.1) is 0 Å². The molecule has 0 saturated heterocycles. The van der Waals surface area contributed by atoms with Crippen molar-refractivity contribution in [1.82, 2.24) is 25.6 Å². The number of hydrogen-bond acceptors (Lipinski definition) is 6. The Morgan fingerprint density at radius 1 is 0.833 bits per heavy atom. The number of alkyl carbamates (subject to hydrolysis) is 1. The van der Waals surface area contributed by atoms with Crippen molar-refractivity contribution in [2.75, 3.05) is 6.54 Å². The van der Waals surface area contributed by atoms with Crippen molar-refractivity contribution < 1.29 is 14.3 Å². The molecule has 2 N–H and O–H groups in total. The van der Waals surface area contributed by atoms with E-state index < -0.39 is 6.09 Å². The molecule has 2 aromatic carbocycles. The molecule has 2 heterocycles. The molecule has 0 aliphatic carbocycles. The maximum absolute atomic E-state index is 12.9. The lowest BCUT2D eigenvalue weighted by Crippen LogP contribution is -2.28. The summed E-state index contributed by atoms with van der Waals surface area (Å²) >= 11 is 0. The van der Waals surface area contributed by atoms with Crippen LogP contribution in [0.15, 0.2) is 91.4 Å². The lowest BCUT2D eigenvalue weighted by atomic mass is 10.0. The predicted molar refractivity (Wildman–Crippen MR) is 136 cm³/mol. The van der Waals surface area contributed by atoms with Crippen molar-refractivity contribution in [2.45, 2.75) is 26.0 Å². The minimum Gasteiger partial charge on any atom is -0.442 e. The summed E-state index contributed by atoms with van der Waals surface area (Å²) in [5.41, 5.74) is 3.94. The number of nitrogens with zero attached hydrogens (tertiary/aromatic N) is 3. The van der Waals surface area contributed by atoms with Gasteiger partial charge in [0.1, 0.15) is 11.8 Å². The van der Waals surface area contributed by atoms with Crippen LogP contribution in [0.4, 0.5) is 4.79 Å². The van der Waals surface area contributed by atoms with Crippen LogP contribution in [0.2, 0.25) is 0 Å². The highest BCUT2D eigenvalue weighted by atomic mass is 16.6. The Balaban J connectivity index is 1.42. The molecule has 0 spiro atoms. The number of ether oxygens (including phenoxy) is 1. The first-order valence-electron chi connectivity index (χ1n) is 11.7. The van der Waals surface area contributed by atoms with Gasteiger partial charge in [0.15, 0.2) is 5.69 Å². The molecule has 4 aromatic rings. The van der Waals surface area contributed by atoms with Crippen molar-refractivity contribution in [3.8, 4) is 11.3 Å². The van der Waals surface area contributed by atoms with E-state index in [9.17, 15) is 9.59 Å². The summed E-state index contributed by atoms with van der Waals surface area (Å²) in [6.45, 7) is 2.44. The zero-order valence-corrected chi connectivity index (χ0v) is 19.9. The molecule has 0 unspecified atom stereocenters. The van der Waals surface area contributed by atoms with Gasteiger partial charge in [0.2, 0.25) is 0 Å². The molecule has 8 heteroatoms. The number of hydrogen-bond donors (Lipinski definition) is 2. The predicted octanol–water partition coefficient (Wildman–Crippen LogP) is 4.50. The van der Waals surface area contributed by atoms with Gasteiger partial charge in [-0.2, -0.15) is 0 Å². The van der Waals surface area contributed by atoms with Crippen molar-refractivity contribution in [3.05, 3.63) is 114 Å². The Hall–Kier alpha value is -4.59. The summed E-state index contributed by atoms with van der Waals surface area (Å²) in [6, 6.07) is 22.6. The molecule has 0 saturated carbocycles. The smallest absolute Gasteiger partial charge is 0.408 e. The molecule has 36 heavy (non-hydrogen) atoms. The second-order valence-corrected chi connectivity index (χ2v) is 8.05. The van der Waals surface area contributed by atoms with Gasteiger partial charge in [-0.25, -0.2) is 9.78 Å². The fraction of sp³-hybridized carbons (Fsp3) is 0.179. The number of nitrogens with one attached hydrogen (secondary N) is 2. The normalized spacial score (nSPS) is 11.4. The van der Waals surface area contributed by atoms with Gasteiger partial charge >= 0.3 is 6.09 Å². The summed E-state index contributed by atoms with van der Waals surface area (Å²) in [5.74, 6) is -0.326. The molecule has 0 radical (unpaired) electrons. The third kappa shape index (κ3) is 6.50. The molecule has 1 atom stereocenters. The van der Waals surface area contributed by atoms with Crippen LogP contribution in [-0.2, 0) is 17.7 Å². The summed E-state index contributed by atoms with van der Waals surface area (Å²) < 4.78 is 5.50. The Bertz CT molecular complexity index is 1300. The number of amides is 2. The Kier molecular flexibility index (Phi) is 8.32. The van der Waals surface area contributed by atoms with E-state index in [1.54, 1.807) is 12.4 Å². The van der Waals surface area contributed by atoms with Crippen LogP contribution >= 0.6 is 0 Å². The zero-order chi connectivity index (χ0) is 25.2. The van der Waals surface area contributed by atoms with Gasteiger partial charge in [-0.3, -0.25) is 14.8 Å². The molecule has 0 fully saturated rings. The molecule has 0 bridgehead atoms. The third-order valence-electron chi connectivity index (χ3n) is 5.55. The fourth-order valence-corrected chi connectivity index (χ4v) is 3.70. The van der Waals surface area contributed by atoms with Crippen LogP contribution < -0.4 is 10.6 Å². The minimum atomic E-state index is -0.534. The maximum Gasteiger partial charge on any atom is 0.408 e. The van der Waals surface area contributed by atoms with Crippen LogP contribution in [0.25, 0.3) is 11.3 Å². The van der Waals surface area contributed by atoms with Crippen molar-refractivity contribution >= 4 is 12.0 Å². The first-order chi connectivity index (χ1) is 17.6. The average molecular weight is 482 g/mol. The highest BCUT2D eigenvalue weighted by Gasteiger charge is 2.18. The van der Waals surface area contributed by atoms with Gasteiger partial charge < -0.3 is 15.4 Å². The van der Waals surface area contributed by atoms with Crippen LogP contribution in [0.3, 0.4) is 0 Å². The van der Waals surface area contributed by atoms with Crippen LogP contribution in [-0.4, -0.2) is 33.5 Å². The lowest BCUT2D eigenvalue weighted by Gasteiger charge is -2.16. The number of carbonyl (C=O) groups excluding carboxylic acids is 2. The molecule has 8 nitrogen and oxygen atoms in total. The standard InChI is InChI=1S/C28H27N5O3/c1-20(21-9-3-2-4-10-21)36-28(35)33-19-22-11-5-6-13-24(22)25-26(31-18-17-30-25)27(34)32-16-14-23-12-7-8-15-29-23/h2-13,15,17-18,20H,14,16,19H2,1H3,(H,32,34)(H,33,35)/t20-/m0/s1. The fourth-order valence-electron chi connectivity index (χ4n) is 3.70. The molecular formula is C28H27N5O3. The van der Waals surface area contributed by atoms with E-state index in [2.05, 4.69) is 25.6 Å². The topological polar surface area (TPSA) is 106 Å². The monoisotopic (exact) mass is 481 g/mol. The molecule has 4 rings (SSSR count). The van der Waals surface area contributed by atoms with Gasteiger partial charge in [-0.05, 0) is 30.2 Å². The Labute approximate surface area is 209 Å². The van der Waals surface area contributed by atoms with E-state index in [0.29, 0.717) is 24.2 Å². The third-order valence-corrected chi connectivity index (χ3v) is 5.55. The van der Waals surface area contributed by atoms with E-state index >= 15 is 0 Å². The first kappa shape index (κ1) is 24.5. The molecule has 2 amide bonds. The number of carbonyl (C=O) groups is 2. The second-order valence-electron chi connectivity index (χ2n) is 8.05. The minimum absolute atomic E-state index is 0.202. The van der Waals surface area contributed by atoms with Crippen molar-refractivity contribution in [1.29, 1.82) is 0 Å². The second kappa shape index (κ2) is 12.2. The van der Waals surface area contributed by atoms with E-state index in [1.165, 1.54) is 6.20 Å². The SMILES string of the molecule is C[C@H](OC(=O)NCc1ccccc1-c1nccnc1C(=O)NCCc1ccccn1)c1ccccc1. The summed E-state index contributed by atoms with van der Waals surface area (Å²) in [6.07, 6.45) is 4.43. The van der Waals surface area contributed by atoms with Gasteiger partial charge in [-0.1, -0.05) is 60.7 Å². The Morgan fingerprint density at radius 3 is 2.39 bits per heavy atom.